The minimum Gasteiger partial charge on any atom is -0.491 e. The number of nitrogens with one attached hydrogen (secondary N) is 1. The highest BCUT2D eigenvalue weighted by molar-refractivity contribution is 9.10. The van der Waals surface area contributed by atoms with E-state index in [0.29, 0.717) is 18.2 Å². The van der Waals surface area contributed by atoms with E-state index in [1.807, 2.05) is 29.0 Å². The number of ether oxygens (including phenoxy) is 1. The van der Waals surface area contributed by atoms with Crippen molar-refractivity contribution in [2.24, 2.45) is 0 Å². The fourth-order valence-corrected chi connectivity index (χ4v) is 3.27. The molecular formula is C21H19BrFN5O. The largest absolute Gasteiger partial charge is 0.491 e. The number of fused-ring (bicyclic) bond motifs is 1. The Kier molecular flexibility index (Phi) is 6.00. The van der Waals surface area contributed by atoms with E-state index in [9.17, 15) is 4.39 Å². The van der Waals surface area contributed by atoms with Gasteiger partial charge in [0, 0.05) is 46.7 Å². The van der Waals surface area contributed by atoms with Crippen molar-refractivity contribution in [3.8, 4) is 5.75 Å². The lowest BCUT2D eigenvalue weighted by Crippen LogP contribution is -2.03. The number of halogens is 2. The van der Waals surface area contributed by atoms with Crippen molar-refractivity contribution in [3.63, 3.8) is 0 Å². The molecule has 8 heteroatoms. The van der Waals surface area contributed by atoms with Gasteiger partial charge in [0.15, 0.2) is 11.6 Å². The second-order valence-corrected chi connectivity index (χ2v) is 7.44. The second-order valence-electron chi connectivity index (χ2n) is 6.52. The van der Waals surface area contributed by atoms with Crippen molar-refractivity contribution in [2.75, 3.05) is 11.9 Å². The van der Waals surface area contributed by atoms with Gasteiger partial charge in [-0.1, -0.05) is 15.9 Å². The Morgan fingerprint density at radius 2 is 2.07 bits per heavy atom. The molecule has 0 radical (unpaired) electrons. The molecule has 148 valence electrons. The topological polar surface area (TPSA) is 64.9 Å². The van der Waals surface area contributed by atoms with Crippen LogP contribution in [0.5, 0.6) is 5.75 Å². The molecule has 4 rings (SSSR count). The van der Waals surface area contributed by atoms with Gasteiger partial charge in [-0.3, -0.25) is 0 Å². The molecule has 0 saturated carbocycles. The summed E-state index contributed by atoms with van der Waals surface area (Å²) in [6.45, 7) is 1.33. The number of benzene rings is 2. The fourth-order valence-electron chi connectivity index (χ4n) is 2.89. The molecule has 0 bridgehead atoms. The van der Waals surface area contributed by atoms with Crippen LogP contribution in [-0.2, 0) is 6.54 Å². The summed E-state index contributed by atoms with van der Waals surface area (Å²) in [5.74, 6) is 0.226. The Morgan fingerprint density at radius 3 is 2.90 bits per heavy atom. The second kappa shape index (κ2) is 9.00. The average molecular weight is 456 g/mol. The van der Waals surface area contributed by atoms with Crippen LogP contribution < -0.4 is 10.1 Å². The maximum absolute atomic E-state index is 14.4. The third kappa shape index (κ3) is 5.08. The number of rotatable bonds is 8. The van der Waals surface area contributed by atoms with E-state index in [1.54, 1.807) is 30.9 Å². The molecule has 0 spiro atoms. The lowest BCUT2D eigenvalue weighted by molar-refractivity contribution is 0.289. The van der Waals surface area contributed by atoms with Gasteiger partial charge in [0.2, 0.25) is 5.95 Å². The normalized spacial score (nSPS) is 11.0. The molecule has 6 nitrogen and oxygen atoms in total. The molecule has 2 aromatic carbocycles. The van der Waals surface area contributed by atoms with E-state index in [2.05, 4.69) is 36.2 Å². The van der Waals surface area contributed by atoms with Crippen LogP contribution in [0.3, 0.4) is 0 Å². The predicted octanol–water partition coefficient (Wildman–Crippen LogP) is 5.33. The zero-order valence-electron chi connectivity index (χ0n) is 15.6. The Bertz CT molecular complexity index is 1100. The first kappa shape index (κ1) is 19.3. The van der Waals surface area contributed by atoms with Gasteiger partial charge in [0.1, 0.15) is 0 Å². The summed E-state index contributed by atoms with van der Waals surface area (Å²) >= 11 is 3.43. The van der Waals surface area contributed by atoms with E-state index in [4.69, 9.17) is 4.74 Å². The smallest absolute Gasteiger partial charge is 0.227 e. The van der Waals surface area contributed by atoms with Crippen LogP contribution in [0.4, 0.5) is 16.0 Å². The molecule has 0 aliphatic heterocycles. The monoisotopic (exact) mass is 455 g/mol. The molecule has 2 aromatic heterocycles. The highest BCUT2D eigenvalue weighted by Crippen LogP contribution is 2.24. The minimum atomic E-state index is -0.422. The lowest BCUT2D eigenvalue weighted by atomic mass is 10.2. The Hall–Kier alpha value is -3.00. The summed E-state index contributed by atoms with van der Waals surface area (Å²) in [4.78, 5) is 12.7. The number of imidazole rings is 1. The van der Waals surface area contributed by atoms with E-state index in [1.165, 1.54) is 6.07 Å². The van der Waals surface area contributed by atoms with Crippen molar-refractivity contribution in [3.05, 3.63) is 71.6 Å². The lowest BCUT2D eigenvalue weighted by Gasteiger charge is -2.10. The molecule has 0 aliphatic carbocycles. The summed E-state index contributed by atoms with van der Waals surface area (Å²) < 4.78 is 22.9. The van der Waals surface area contributed by atoms with Crippen molar-refractivity contribution < 1.29 is 9.13 Å². The van der Waals surface area contributed by atoms with Crippen LogP contribution >= 0.6 is 15.9 Å². The van der Waals surface area contributed by atoms with Crippen LogP contribution in [0.2, 0.25) is 0 Å². The fraction of sp³-hybridized carbons (Fsp3) is 0.190. The molecule has 0 atom stereocenters. The van der Waals surface area contributed by atoms with E-state index in [0.717, 1.165) is 34.8 Å². The number of aromatic nitrogens is 4. The molecule has 0 amide bonds. The van der Waals surface area contributed by atoms with Crippen molar-refractivity contribution in [2.45, 2.75) is 19.4 Å². The van der Waals surface area contributed by atoms with Crippen LogP contribution in [0.25, 0.3) is 10.9 Å². The quantitative estimate of drug-likeness (QED) is 0.363. The third-order valence-electron chi connectivity index (χ3n) is 4.36. The maximum Gasteiger partial charge on any atom is 0.227 e. The Morgan fingerprint density at radius 1 is 1.14 bits per heavy atom. The van der Waals surface area contributed by atoms with Gasteiger partial charge in [-0.2, -0.15) is 0 Å². The van der Waals surface area contributed by atoms with Gasteiger partial charge >= 0.3 is 0 Å². The van der Waals surface area contributed by atoms with E-state index in [-0.39, 0.29) is 5.75 Å². The first-order valence-electron chi connectivity index (χ1n) is 9.25. The summed E-state index contributed by atoms with van der Waals surface area (Å²) in [7, 11) is 0. The van der Waals surface area contributed by atoms with Gasteiger partial charge in [0.05, 0.1) is 18.5 Å². The van der Waals surface area contributed by atoms with Crippen molar-refractivity contribution >= 4 is 38.5 Å². The molecule has 0 aliphatic rings. The van der Waals surface area contributed by atoms with Crippen molar-refractivity contribution in [1.29, 1.82) is 0 Å². The molecular weight excluding hydrogens is 437 g/mol. The van der Waals surface area contributed by atoms with Crippen LogP contribution in [-0.4, -0.2) is 26.1 Å². The maximum atomic E-state index is 14.4. The van der Waals surface area contributed by atoms with Crippen LogP contribution in [0, 0.1) is 5.82 Å². The zero-order chi connectivity index (χ0) is 20.1. The highest BCUT2D eigenvalue weighted by Gasteiger charge is 2.07. The zero-order valence-corrected chi connectivity index (χ0v) is 17.1. The highest BCUT2D eigenvalue weighted by atomic mass is 79.9. The average Bonchev–Trinajstić information content (AvgIpc) is 3.23. The number of hydrogen-bond donors (Lipinski definition) is 1. The van der Waals surface area contributed by atoms with Gasteiger partial charge in [-0.25, -0.2) is 19.3 Å². The van der Waals surface area contributed by atoms with E-state index >= 15 is 0 Å². The summed E-state index contributed by atoms with van der Waals surface area (Å²) in [6, 6.07) is 10.5. The number of anilines is 2. The molecule has 29 heavy (non-hydrogen) atoms. The summed E-state index contributed by atoms with van der Waals surface area (Å²) in [5, 5.41) is 3.96. The molecule has 0 unspecified atom stereocenters. The predicted molar refractivity (Wildman–Crippen MR) is 114 cm³/mol. The molecule has 0 fully saturated rings. The first-order valence-corrected chi connectivity index (χ1v) is 10.0. The Balaban J connectivity index is 1.32. The number of nitrogens with zero attached hydrogens (tertiary/aromatic N) is 4. The van der Waals surface area contributed by atoms with Crippen LogP contribution in [0.1, 0.15) is 12.8 Å². The molecule has 1 N–H and O–H groups in total. The summed E-state index contributed by atoms with van der Waals surface area (Å²) in [6.07, 6.45) is 8.96. The standard InChI is InChI=1S/C21H19BrFN5O/c22-16-3-5-19-15(11-16)13-25-21(27-19)26-17-4-6-20(18(23)12-17)29-10-2-1-8-28-9-7-24-14-28/h3-7,9,11-14H,1-2,8,10H2,(H,25,26,27). The number of aryl methyl sites for hydroxylation is 1. The molecule has 4 aromatic rings. The van der Waals surface area contributed by atoms with Crippen LogP contribution in [0.15, 0.2) is 65.8 Å². The summed E-state index contributed by atoms with van der Waals surface area (Å²) in [5.41, 5.74) is 1.37. The first-order chi connectivity index (χ1) is 14.2. The van der Waals surface area contributed by atoms with Gasteiger partial charge in [-0.15, -0.1) is 0 Å². The minimum absolute atomic E-state index is 0.238. The number of unbranched alkanes of at least 4 members (excludes halogenated alkanes) is 1. The van der Waals surface area contributed by atoms with Gasteiger partial charge < -0.3 is 14.6 Å². The van der Waals surface area contributed by atoms with Crippen molar-refractivity contribution in [1.82, 2.24) is 19.5 Å². The van der Waals surface area contributed by atoms with E-state index < -0.39 is 5.82 Å². The Labute approximate surface area is 175 Å². The molecule has 2 heterocycles. The number of hydrogen-bond acceptors (Lipinski definition) is 5. The van der Waals surface area contributed by atoms with Gasteiger partial charge in [-0.05, 0) is 43.2 Å². The third-order valence-corrected chi connectivity index (χ3v) is 4.85. The van der Waals surface area contributed by atoms with Gasteiger partial charge in [0.25, 0.3) is 0 Å². The molecule has 0 saturated heterocycles. The SMILES string of the molecule is Fc1cc(Nc2ncc3cc(Br)ccc3n2)ccc1OCCCCn1ccnc1.